The Balaban J connectivity index is 1.78. The van der Waals surface area contributed by atoms with Crippen LogP contribution in [0.1, 0.15) is 58.8 Å². The van der Waals surface area contributed by atoms with Crippen LogP contribution in [-0.4, -0.2) is 37.1 Å². The first-order valence-electron chi connectivity index (χ1n) is 8.13. The number of piperidine rings is 1. The van der Waals surface area contributed by atoms with Crippen molar-refractivity contribution in [2.75, 3.05) is 20.1 Å². The first kappa shape index (κ1) is 14.3. The van der Waals surface area contributed by atoms with Gasteiger partial charge in [-0.25, -0.2) is 0 Å². The van der Waals surface area contributed by atoms with E-state index in [1.165, 1.54) is 58.0 Å². The second-order valence-electron chi connectivity index (χ2n) is 6.78. The molecule has 1 saturated carbocycles. The highest BCUT2D eigenvalue weighted by Gasteiger charge is 2.27. The number of rotatable bonds is 3. The summed E-state index contributed by atoms with van der Waals surface area (Å²) in [5.41, 5.74) is 0. The summed E-state index contributed by atoms with van der Waals surface area (Å²) in [4.78, 5) is 2.48. The molecule has 1 aliphatic heterocycles. The lowest BCUT2D eigenvalue weighted by Crippen LogP contribution is -2.50. The summed E-state index contributed by atoms with van der Waals surface area (Å²) in [6.45, 7) is 7.31. The van der Waals surface area contributed by atoms with Crippen molar-refractivity contribution in [3.05, 3.63) is 0 Å². The largest absolute Gasteiger partial charge is 0.311 e. The molecule has 0 spiro atoms. The molecule has 18 heavy (non-hydrogen) atoms. The average Bonchev–Trinajstić information content (AvgIpc) is 2.58. The van der Waals surface area contributed by atoms with Gasteiger partial charge in [0.25, 0.3) is 0 Å². The van der Waals surface area contributed by atoms with E-state index in [1.807, 2.05) is 0 Å². The van der Waals surface area contributed by atoms with Crippen LogP contribution in [0.5, 0.6) is 0 Å². The predicted molar refractivity (Wildman–Crippen MR) is 78.9 cm³/mol. The maximum atomic E-state index is 3.99. The minimum Gasteiger partial charge on any atom is -0.311 e. The van der Waals surface area contributed by atoms with Crippen LogP contribution in [0.2, 0.25) is 0 Å². The Labute approximate surface area is 114 Å². The molecule has 0 radical (unpaired) electrons. The summed E-state index contributed by atoms with van der Waals surface area (Å²) in [6, 6.07) is 1.57. The maximum Gasteiger partial charge on any atom is 0.0120 e. The zero-order valence-electron chi connectivity index (χ0n) is 12.6. The number of nitrogens with one attached hydrogen (secondary N) is 1. The Morgan fingerprint density at radius 3 is 2.67 bits per heavy atom. The highest BCUT2D eigenvalue weighted by atomic mass is 15.1. The Morgan fingerprint density at radius 2 is 1.94 bits per heavy atom. The monoisotopic (exact) mass is 252 g/mol. The Hall–Kier alpha value is -0.0800. The number of hydrogen-bond donors (Lipinski definition) is 1. The van der Waals surface area contributed by atoms with Gasteiger partial charge in [-0.15, -0.1) is 0 Å². The van der Waals surface area contributed by atoms with Crippen LogP contribution >= 0.6 is 0 Å². The zero-order valence-corrected chi connectivity index (χ0v) is 12.6. The van der Waals surface area contributed by atoms with Crippen LogP contribution < -0.4 is 5.32 Å². The minimum atomic E-state index is 0.768. The van der Waals surface area contributed by atoms with Crippen LogP contribution in [0.15, 0.2) is 0 Å². The summed E-state index contributed by atoms with van der Waals surface area (Å²) < 4.78 is 0. The average molecular weight is 252 g/mol. The van der Waals surface area contributed by atoms with Gasteiger partial charge in [0.1, 0.15) is 0 Å². The molecule has 1 aliphatic carbocycles. The van der Waals surface area contributed by atoms with Crippen molar-refractivity contribution in [1.29, 1.82) is 0 Å². The summed E-state index contributed by atoms with van der Waals surface area (Å²) in [6.07, 6.45) is 9.92. The number of nitrogens with zero attached hydrogens (tertiary/aromatic N) is 1. The van der Waals surface area contributed by atoms with E-state index in [9.17, 15) is 0 Å². The van der Waals surface area contributed by atoms with E-state index in [0.717, 1.165) is 23.9 Å². The molecule has 2 nitrogen and oxygen atoms in total. The zero-order chi connectivity index (χ0) is 13.0. The number of hydrogen-bond acceptors (Lipinski definition) is 2. The van der Waals surface area contributed by atoms with E-state index < -0.39 is 0 Å². The lowest BCUT2D eigenvalue weighted by molar-refractivity contribution is 0.163. The van der Waals surface area contributed by atoms with E-state index in [-0.39, 0.29) is 0 Å². The topological polar surface area (TPSA) is 15.3 Å². The van der Waals surface area contributed by atoms with Gasteiger partial charge in [0.2, 0.25) is 0 Å². The lowest BCUT2D eigenvalue weighted by Gasteiger charge is -2.37. The minimum absolute atomic E-state index is 0.768. The predicted octanol–water partition coefficient (Wildman–Crippen LogP) is 3.28. The molecule has 2 fully saturated rings. The number of likely N-dealkylation sites (tertiary alicyclic amines) is 1. The molecule has 4 atom stereocenters. The fourth-order valence-electron chi connectivity index (χ4n) is 3.86. The summed E-state index contributed by atoms with van der Waals surface area (Å²) in [5, 5.41) is 3.99. The molecule has 0 aromatic carbocycles. The molecule has 106 valence electrons. The van der Waals surface area contributed by atoms with Gasteiger partial charge < -0.3 is 10.2 Å². The second-order valence-corrected chi connectivity index (χ2v) is 6.78. The molecule has 0 amide bonds. The molecule has 2 heteroatoms. The molecular formula is C16H32N2. The molecule has 1 saturated heterocycles. The SMILES string of the molecule is CCC1CCCC(NC2CCN(C)CC2C)CC1. The standard InChI is InChI=1S/C16H32N2/c1-4-14-6-5-7-15(9-8-14)17-16-10-11-18(3)12-13(16)2/h13-17H,4-12H2,1-3H3. The summed E-state index contributed by atoms with van der Waals surface area (Å²) in [5.74, 6) is 1.82. The molecule has 0 aromatic heterocycles. The molecular weight excluding hydrogens is 220 g/mol. The molecule has 1 heterocycles. The van der Waals surface area contributed by atoms with Crippen LogP contribution in [0.3, 0.4) is 0 Å². The van der Waals surface area contributed by atoms with Crippen molar-refractivity contribution in [2.45, 2.75) is 70.9 Å². The van der Waals surface area contributed by atoms with Gasteiger partial charge in [-0.1, -0.05) is 33.1 Å². The van der Waals surface area contributed by atoms with Gasteiger partial charge in [-0.2, -0.15) is 0 Å². The van der Waals surface area contributed by atoms with Crippen molar-refractivity contribution < 1.29 is 0 Å². The van der Waals surface area contributed by atoms with Gasteiger partial charge in [-0.05, 0) is 51.1 Å². The Bertz CT molecular complexity index is 241. The van der Waals surface area contributed by atoms with E-state index in [0.29, 0.717) is 0 Å². The third kappa shape index (κ3) is 3.96. The third-order valence-corrected chi connectivity index (χ3v) is 5.22. The summed E-state index contributed by atoms with van der Waals surface area (Å²) >= 11 is 0. The van der Waals surface area contributed by atoms with Crippen molar-refractivity contribution in [3.63, 3.8) is 0 Å². The molecule has 2 rings (SSSR count). The van der Waals surface area contributed by atoms with Crippen molar-refractivity contribution in [1.82, 2.24) is 10.2 Å². The van der Waals surface area contributed by atoms with Crippen LogP contribution in [0.25, 0.3) is 0 Å². The quantitative estimate of drug-likeness (QED) is 0.776. The van der Waals surface area contributed by atoms with E-state index >= 15 is 0 Å². The van der Waals surface area contributed by atoms with Crippen molar-refractivity contribution in [3.8, 4) is 0 Å². The Morgan fingerprint density at radius 1 is 1.11 bits per heavy atom. The third-order valence-electron chi connectivity index (χ3n) is 5.22. The van der Waals surface area contributed by atoms with Crippen LogP contribution in [0, 0.1) is 11.8 Å². The van der Waals surface area contributed by atoms with Gasteiger partial charge in [0, 0.05) is 18.6 Å². The highest BCUT2D eigenvalue weighted by molar-refractivity contribution is 4.85. The fraction of sp³-hybridized carbons (Fsp3) is 1.00. The van der Waals surface area contributed by atoms with Crippen molar-refractivity contribution >= 4 is 0 Å². The molecule has 1 N–H and O–H groups in total. The fourth-order valence-corrected chi connectivity index (χ4v) is 3.86. The van der Waals surface area contributed by atoms with Gasteiger partial charge in [-0.3, -0.25) is 0 Å². The van der Waals surface area contributed by atoms with Crippen LogP contribution in [-0.2, 0) is 0 Å². The van der Waals surface area contributed by atoms with E-state index in [1.54, 1.807) is 0 Å². The smallest absolute Gasteiger partial charge is 0.0120 e. The highest BCUT2D eigenvalue weighted by Crippen LogP contribution is 2.27. The van der Waals surface area contributed by atoms with E-state index in [4.69, 9.17) is 0 Å². The maximum absolute atomic E-state index is 3.99. The molecule has 4 unspecified atom stereocenters. The first-order valence-corrected chi connectivity index (χ1v) is 8.13. The summed E-state index contributed by atoms with van der Waals surface area (Å²) in [7, 11) is 2.25. The van der Waals surface area contributed by atoms with E-state index in [2.05, 4.69) is 31.1 Å². The van der Waals surface area contributed by atoms with Crippen molar-refractivity contribution in [2.24, 2.45) is 11.8 Å². The van der Waals surface area contributed by atoms with Crippen LogP contribution in [0.4, 0.5) is 0 Å². The first-order chi connectivity index (χ1) is 8.69. The normalized spacial score (nSPS) is 39.5. The molecule has 0 bridgehead atoms. The second kappa shape index (κ2) is 6.91. The van der Waals surface area contributed by atoms with Gasteiger partial charge in [0.05, 0.1) is 0 Å². The molecule has 0 aromatic rings. The Kier molecular flexibility index (Phi) is 5.50. The molecule has 2 aliphatic rings. The van der Waals surface area contributed by atoms with Gasteiger partial charge in [0.15, 0.2) is 0 Å². The van der Waals surface area contributed by atoms with Gasteiger partial charge >= 0.3 is 0 Å². The lowest BCUT2D eigenvalue weighted by atomic mass is 9.92.